The van der Waals surface area contributed by atoms with Crippen molar-refractivity contribution in [2.24, 2.45) is 0 Å². The largest absolute Gasteiger partial charge is 0.494 e. The Bertz CT molecular complexity index is 1250. The SMILES string of the molecule is CCOc1ccc(NC(=O)CN2C(=O)/C(=C3\SC(=S)N(C[C@H]4CCCO4)C3=O)c3ccccc32)cc1. The van der Waals surface area contributed by atoms with Crippen molar-refractivity contribution < 1.29 is 23.9 Å². The standard InChI is InChI=1S/C26H25N3O5S2/c1-2-33-17-11-9-16(10-12-17)27-21(30)15-28-20-8-4-3-7-19(20)22(24(28)31)23-25(32)29(26(35)36-23)14-18-6-5-13-34-18/h3-4,7-12,18H,2,5-6,13-15H2,1H3,(H,27,30)/b23-22-/t18-/m1/s1. The number of nitrogens with one attached hydrogen (secondary N) is 1. The van der Waals surface area contributed by atoms with Gasteiger partial charge in [0.05, 0.1) is 35.4 Å². The fourth-order valence-corrected chi connectivity index (χ4v) is 5.85. The second-order valence-corrected chi connectivity index (χ2v) is 10.2. The van der Waals surface area contributed by atoms with E-state index in [0.717, 1.165) is 24.6 Å². The van der Waals surface area contributed by atoms with E-state index < -0.39 is 5.91 Å². The average molecular weight is 524 g/mol. The molecule has 3 heterocycles. The van der Waals surface area contributed by atoms with Crippen LogP contribution in [0.4, 0.5) is 11.4 Å². The van der Waals surface area contributed by atoms with Crippen LogP contribution in [0.1, 0.15) is 25.3 Å². The van der Waals surface area contributed by atoms with Gasteiger partial charge in [-0.2, -0.15) is 0 Å². The smallest absolute Gasteiger partial charge is 0.267 e. The Morgan fingerprint density at radius 2 is 1.92 bits per heavy atom. The van der Waals surface area contributed by atoms with Crippen molar-refractivity contribution in [3.05, 3.63) is 59.0 Å². The molecule has 3 amide bonds. The number of amides is 3. The van der Waals surface area contributed by atoms with Gasteiger partial charge in [-0.05, 0) is 50.1 Å². The topological polar surface area (TPSA) is 88.2 Å². The molecular formula is C26H25N3O5S2. The molecule has 36 heavy (non-hydrogen) atoms. The molecule has 3 aliphatic heterocycles. The van der Waals surface area contributed by atoms with Crippen LogP contribution in [0.25, 0.3) is 5.57 Å². The van der Waals surface area contributed by atoms with E-state index in [-0.39, 0.29) is 30.0 Å². The predicted octanol–water partition coefficient (Wildman–Crippen LogP) is 3.82. The number of ether oxygens (including phenoxy) is 2. The lowest BCUT2D eigenvalue weighted by Crippen LogP contribution is -2.36. The number of carbonyl (C=O) groups is 3. The number of rotatable bonds is 7. The van der Waals surface area contributed by atoms with Crippen molar-refractivity contribution in [3.63, 3.8) is 0 Å². The molecule has 2 aromatic rings. The van der Waals surface area contributed by atoms with Crippen molar-refractivity contribution in [1.29, 1.82) is 0 Å². The van der Waals surface area contributed by atoms with Gasteiger partial charge in [-0.1, -0.05) is 42.2 Å². The number of thioether (sulfide) groups is 1. The van der Waals surface area contributed by atoms with Crippen molar-refractivity contribution in [3.8, 4) is 5.75 Å². The van der Waals surface area contributed by atoms with Gasteiger partial charge in [0.2, 0.25) is 5.91 Å². The third-order valence-corrected chi connectivity index (χ3v) is 7.61. The molecule has 3 aliphatic rings. The molecule has 1 atom stereocenters. The molecule has 186 valence electrons. The summed E-state index contributed by atoms with van der Waals surface area (Å²) in [6, 6.07) is 14.2. The van der Waals surface area contributed by atoms with Crippen LogP contribution in [0.5, 0.6) is 5.75 Å². The van der Waals surface area contributed by atoms with Crippen LogP contribution in [0.2, 0.25) is 0 Å². The van der Waals surface area contributed by atoms with Gasteiger partial charge >= 0.3 is 0 Å². The molecule has 0 saturated carbocycles. The lowest BCUT2D eigenvalue weighted by Gasteiger charge is -2.18. The number of thiocarbonyl (C=S) groups is 1. The molecule has 1 N–H and O–H groups in total. The molecule has 0 aromatic heterocycles. The van der Waals surface area contributed by atoms with Gasteiger partial charge in [0.15, 0.2) is 0 Å². The molecule has 2 aromatic carbocycles. The first-order valence-electron chi connectivity index (χ1n) is 11.8. The number of carbonyl (C=O) groups excluding carboxylic acids is 3. The number of anilines is 2. The van der Waals surface area contributed by atoms with Gasteiger partial charge in [-0.15, -0.1) is 0 Å². The number of para-hydroxylation sites is 1. The summed E-state index contributed by atoms with van der Waals surface area (Å²) in [6.07, 6.45) is 1.79. The zero-order chi connectivity index (χ0) is 25.2. The molecule has 2 fully saturated rings. The minimum atomic E-state index is -0.393. The first-order chi connectivity index (χ1) is 17.5. The van der Waals surface area contributed by atoms with Gasteiger partial charge in [-0.25, -0.2) is 0 Å². The molecule has 0 unspecified atom stereocenters. The van der Waals surface area contributed by atoms with Crippen LogP contribution in [0.15, 0.2) is 53.4 Å². The summed E-state index contributed by atoms with van der Waals surface area (Å²) in [4.78, 5) is 43.0. The minimum Gasteiger partial charge on any atom is -0.494 e. The maximum Gasteiger partial charge on any atom is 0.267 e. The molecule has 5 rings (SSSR count). The molecule has 0 radical (unpaired) electrons. The van der Waals surface area contributed by atoms with Crippen molar-refractivity contribution in [2.75, 3.05) is 36.5 Å². The summed E-state index contributed by atoms with van der Waals surface area (Å²) in [7, 11) is 0. The Kier molecular flexibility index (Phi) is 7.08. The van der Waals surface area contributed by atoms with Gasteiger partial charge < -0.3 is 14.8 Å². The highest BCUT2D eigenvalue weighted by Gasteiger charge is 2.43. The second-order valence-electron chi connectivity index (χ2n) is 8.54. The highest BCUT2D eigenvalue weighted by atomic mass is 32.2. The molecule has 0 aliphatic carbocycles. The zero-order valence-corrected chi connectivity index (χ0v) is 21.3. The lowest BCUT2D eigenvalue weighted by atomic mass is 10.1. The normalized spacial score (nSPS) is 21.4. The summed E-state index contributed by atoms with van der Waals surface area (Å²) in [5.41, 5.74) is 2.09. The average Bonchev–Trinajstić information content (AvgIpc) is 3.55. The first-order valence-corrected chi connectivity index (χ1v) is 13.0. The quantitative estimate of drug-likeness (QED) is 0.436. The molecule has 10 heteroatoms. The summed E-state index contributed by atoms with van der Waals surface area (Å²) in [5, 5.41) is 2.82. The molecule has 0 bridgehead atoms. The van der Waals surface area contributed by atoms with Crippen LogP contribution in [0, 0.1) is 0 Å². The van der Waals surface area contributed by atoms with E-state index in [1.54, 1.807) is 42.5 Å². The first kappa shape index (κ1) is 24.5. The number of nitrogens with zero attached hydrogens (tertiary/aromatic N) is 2. The molecule has 8 nitrogen and oxygen atoms in total. The number of fused-ring (bicyclic) bond motifs is 1. The Hall–Kier alpha value is -3.21. The van der Waals surface area contributed by atoms with Crippen molar-refractivity contribution in [2.45, 2.75) is 25.9 Å². The highest BCUT2D eigenvalue weighted by molar-refractivity contribution is 8.26. The van der Waals surface area contributed by atoms with Crippen LogP contribution < -0.4 is 15.0 Å². The van der Waals surface area contributed by atoms with E-state index in [4.69, 9.17) is 21.7 Å². The minimum absolute atomic E-state index is 0.0498. The third kappa shape index (κ3) is 4.76. The van der Waals surface area contributed by atoms with Gasteiger partial charge in [0, 0.05) is 17.9 Å². The van der Waals surface area contributed by atoms with Crippen molar-refractivity contribution >= 4 is 63.0 Å². The van der Waals surface area contributed by atoms with Crippen LogP contribution in [0.3, 0.4) is 0 Å². The van der Waals surface area contributed by atoms with Gasteiger partial charge in [0.25, 0.3) is 11.8 Å². The van der Waals surface area contributed by atoms with Gasteiger partial charge in [0.1, 0.15) is 16.6 Å². The van der Waals surface area contributed by atoms with E-state index in [9.17, 15) is 14.4 Å². The predicted molar refractivity (Wildman–Crippen MR) is 143 cm³/mol. The maximum absolute atomic E-state index is 13.6. The number of benzene rings is 2. The van der Waals surface area contributed by atoms with Crippen LogP contribution in [-0.4, -0.2) is 59.3 Å². The molecular weight excluding hydrogens is 498 g/mol. The molecule has 0 spiro atoms. The van der Waals surface area contributed by atoms with Gasteiger partial charge in [-0.3, -0.25) is 24.2 Å². The summed E-state index contributed by atoms with van der Waals surface area (Å²) in [6.45, 7) is 3.32. The number of hydrogen-bond acceptors (Lipinski definition) is 7. The zero-order valence-electron chi connectivity index (χ0n) is 19.7. The van der Waals surface area contributed by atoms with Crippen molar-refractivity contribution in [1.82, 2.24) is 4.90 Å². The maximum atomic E-state index is 13.6. The fraction of sp³-hybridized carbons (Fsp3) is 0.308. The van der Waals surface area contributed by atoms with E-state index in [1.807, 2.05) is 13.0 Å². The monoisotopic (exact) mass is 523 g/mol. The van der Waals surface area contributed by atoms with E-state index in [1.165, 1.54) is 9.80 Å². The van der Waals surface area contributed by atoms with Crippen LogP contribution in [-0.2, 0) is 19.1 Å². The lowest BCUT2D eigenvalue weighted by molar-refractivity contribution is -0.123. The summed E-state index contributed by atoms with van der Waals surface area (Å²) >= 11 is 6.61. The second kappa shape index (κ2) is 10.4. The van der Waals surface area contributed by atoms with E-state index in [2.05, 4.69) is 5.32 Å². The Labute approximate surface area is 218 Å². The fourth-order valence-electron chi connectivity index (χ4n) is 4.50. The Morgan fingerprint density at radius 1 is 1.14 bits per heavy atom. The Morgan fingerprint density at radius 3 is 2.64 bits per heavy atom. The third-order valence-electron chi connectivity index (χ3n) is 6.16. The molecule has 2 saturated heterocycles. The summed E-state index contributed by atoms with van der Waals surface area (Å²) < 4.78 is 11.5. The van der Waals surface area contributed by atoms with E-state index >= 15 is 0 Å². The van der Waals surface area contributed by atoms with E-state index in [0.29, 0.717) is 51.7 Å². The summed E-state index contributed by atoms with van der Waals surface area (Å²) in [5.74, 6) is -0.329. The highest BCUT2D eigenvalue weighted by Crippen LogP contribution is 2.44. The number of hydrogen-bond donors (Lipinski definition) is 1. The van der Waals surface area contributed by atoms with Crippen LogP contribution >= 0.6 is 24.0 Å². The Balaban J connectivity index is 1.36.